The Morgan fingerprint density at radius 3 is 2.37 bits per heavy atom. The summed E-state index contributed by atoms with van der Waals surface area (Å²) in [7, 11) is 0. The van der Waals surface area contributed by atoms with Crippen LogP contribution in [-0.2, 0) is 15.6 Å². The van der Waals surface area contributed by atoms with Crippen molar-refractivity contribution in [1.82, 2.24) is 0 Å². The Hall–Kier alpha value is -1.31. The molecular formula is C17H24O2. The predicted molar refractivity (Wildman–Crippen MR) is 77.7 cm³/mol. The van der Waals surface area contributed by atoms with E-state index in [1.165, 1.54) is 11.1 Å². The van der Waals surface area contributed by atoms with Crippen molar-refractivity contribution in [3.05, 3.63) is 28.8 Å². The van der Waals surface area contributed by atoms with Gasteiger partial charge in [0.05, 0.1) is 0 Å². The highest BCUT2D eigenvalue weighted by atomic mass is 16.5. The number of rotatable bonds is 3. The first-order valence-electron chi connectivity index (χ1n) is 6.98. The van der Waals surface area contributed by atoms with Crippen LogP contribution in [0.25, 0.3) is 0 Å². The molecule has 1 atom stereocenters. The molecule has 19 heavy (non-hydrogen) atoms. The molecule has 2 heteroatoms. The van der Waals surface area contributed by atoms with Crippen molar-refractivity contribution in [2.24, 2.45) is 5.92 Å². The molecule has 0 aromatic heterocycles. The van der Waals surface area contributed by atoms with Gasteiger partial charge in [-0.3, -0.25) is 4.79 Å². The van der Waals surface area contributed by atoms with Crippen molar-refractivity contribution in [1.29, 1.82) is 0 Å². The average Bonchev–Trinajstić information content (AvgIpc) is 2.49. The van der Waals surface area contributed by atoms with E-state index in [0.717, 1.165) is 12.0 Å². The maximum Gasteiger partial charge on any atom is 0.298 e. The largest absolute Gasteiger partial charge is 0.428 e. The highest BCUT2D eigenvalue weighted by molar-refractivity contribution is 5.55. The summed E-state index contributed by atoms with van der Waals surface area (Å²) in [5, 5.41) is 0. The topological polar surface area (TPSA) is 26.3 Å². The Kier molecular flexibility index (Phi) is 3.24. The van der Waals surface area contributed by atoms with Gasteiger partial charge in [0, 0.05) is 0 Å². The van der Waals surface area contributed by atoms with Gasteiger partial charge in [0.2, 0.25) is 0 Å². The quantitative estimate of drug-likeness (QED) is 0.764. The van der Waals surface area contributed by atoms with Gasteiger partial charge >= 0.3 is 0 Å². The smallest absolute Gasteiger partial charge is 0.298 e. The van der Waals surface area contributed by atoms with E-state index < -0.39 is 0 Å². The summed E-state index contributed by atoms with van der Waals surface area (Å²) < 4.78 is 5.10. The van der Waals surface area contributed by atoms with Crippen molar-refractivity contribution in [3.63, 3.8) is 0 Å². The zero-order chi connectivity index (χ0) is 14.4. The van der Waals surface area contributed by atoms with Crippen molar-refractivity contribution in [3.8, 4) is 5.75 Å². The number of hydrogen-bond acceptors (Lipinski definition) is 2. The first-order valence-corrected chi connectivity index (χ1v) is 6.98. The summed E-state index contributed by atoms with van der Waals surface area (Å²) in [5.74, 6) is 1.28. The fourth-order valence-electron chi connectivity index (χ4n) is 3.52. The maximum absolute atomic E-state index is 10.6. The van der Waals surface area contributed by atoms with Crippen LogP contribution in [-0.4, -0.2) is 6.47 Å². The first kappa shape index (κ1) is 14.1. The van der Waals surface area contributed by atoms with E-state index in [-0.39, 0.29) is 10.8 Å². The first-order chi connectivity index (χ1) is 8.72. The molecule has 104 valence electrons. The van der Waals surface area contributed by atoms with Crippen LogP contribution in [0.2, 0.25) is 0 Å². The Balaban J connectivity index is 2.65. The molecule has 1 aliphatic rings. The van der Waals surface area contributed by atoms with E-state index >= 15 is 0 Å². The van der Waals surface area contributed by atoms with E-state index in [0.29, 0.717) is 18.1 Å². The second kappa shape index (κ2) is 4.36. The molecule has 0 aliphatic heterocycles. The molecule has 0 saturated carbocycles. The number of carbonyl (C=O) groups is 1. The van der Waals surface area contributed by atoms with E-state index in [1.54, 1.807) is 0 Å². The van der Waals surface area contributed by atoms with Gasteiger partial charge in [-0.05, 0) is 52.8 Å². The summed E-state index contributed by atoms with van der Waals surface area (Å²) in [6.07, 6.45) is 1.14. The molecular weight excluding hydrogens is 236 g/mol. The van der Waals surface area contributed by atoms with Crippen molar-refractivity contribution >= 4 is 6.47 Å². The van der Waals surface area contributed by atoms with Crippen LogP contribution in [0.1, 0.15) is 57.7 Å². The third-order valence-corrected chi connectivity index (χ3v) is 4.92. The van der Waals surface area contributed by atoms with Crippen LogP contribution in [0.4, 0.5) is 0 Å². The van der Waals surface area contributed by atoms with Crippen molar-refractivity contribution in [2.75, 3.05) is 0 Å². The summed E-state index contributed by atoms with van der Waals surface area (Å²) >= 11 is 0. The monoisotopic (exact) mass is 260 g/mol. The molecule has 1 unspecified atom stereocenters. The number of fused-ring (bicyclic) bond motifs is 1. The highest BCUT2D eigenvalue weighted by Gasteiger charge is 2.46. The summed E-state index contributed by atoms with van der Waals surface area (Å²) in [5.41, 5.74) is 4.11. The lowest BCUT2D eigenvalue weighted by Gasteiger charge is -2.32. The summed E-state index contributed by atoms with van der Waals surface area (Å²) in [6.45, 7) is 14.0. The number of ether oxygens (including phenoxy) is 1. The van der Waals surface area contributed by atoms with Gasteiger partial charge in [0.25, 0.3) is 6.47 Å². The number of benzene rings is 1. The Morgan fingerprint density at radius 2 is 1.84 bits per heavy atom. The van der Waals surface area contributed by atoms with Crippen LogP contribution < -0.4 is 4.74 Å². The minimum absolute atomic E-state index is 0.128. The molecule has 0 N–H and O–H groups in total. The van der Waals surface area contributed by atoms with E-state index in [1.807, 2.05) is 6.92 Å². The van der Waals surface area contributed by atoms with Crippen LogP contribution in [0.15, 0.2) is 12.1 Å². The van der Waals surface area contributed by atoms with Gasteiger partial charge in [-0.25, -0.2) is 0 Å². The van der Waals surface area contributed by atoms with Gasteiger partial charge in [-0.1, -0.05) is 40.7 Å². The maximum atomic E-state index is 10.6. The molecule has 0 bridgehead atoms. The zero-order valence-electron chi connectivity index (χ0n) is 12.8. The van der Waals surface area contributed by atoms with Crippen LogP contribution in [0.3, 0.4) is 0 Å². The molecule has 0 heterocycles. The minimum atomic E-state index is 0.128. The lowest BCUT2D eigenvalue weighted by Crippen LogP contribution is -2.27. The second-order valence-corrected chi connectivity index (χ2v) is 7.01. The van der Waals surface area contributed by atoms with Crippen LogP contribution in [0.5, 0.6) is 5.75 Å². The molecule has 1 aromatic carbocycles. The van der Waals surface area contributed by atoms with E-state index in [4.69, 9.17) is 4.74 Å². The Labute approximate surface area is 116 Å². The van der Waals surface area contributed by atoms with Gasteiger partial charge in [-0.15, -0.1) is 0 Å². The van der Waals surface area contributed by atoms with Crippen molar-refractivity contribution < 1.29 is 9.53 Å². The summed E-state index contributed by atoms with van der Waals surface area (Å²) in [4.78, 5) is 10.6. The number of carbonyl (C=O) groups excluding carboxylic acids is 1. The van der Waals surface area contributed by atoms with Gasteiger partial charge in [0.15, 0.2) is 0 Å². The predicted octanol–water partition coefficient (Wildman–Crippen LogP) is 4.13. The normalized spacial score (nSPS) is 24.4. The van der Waals surface area contributed by atoms with E-state index in [9.17, 15) is 4.79 Å². The zero-order valence-corrected chi connectivity index (χ0v) is 12.8. The third-order valence-electron chi connectivity index (χ3n) is 4.92. The second-order valence-electron chi connectivity index (χ2n) is 7.01. The standard InChI is InChI=1S/C17H24O2/c1-11(2)17(6)9-16(4,5)13-8-15(19-10-18)12(3)7-14(13)17/h7-8,10-11H,9H2,1-6H3. The lowest BCUT2D eigenvalue weighted by molar-refractivity contribution is -0.120. The molecule has 2 nitrogen and oxygen atoms in total. The third kappa shape index (κ3) is 2.07. The Morgan fingerprint density at radius 1 is 1.21 bits per heavy atom. The average molecular weight is 260 g/mol. The Bertz CT molecular complexity index is 514. The highest BCUT2D eigenvalue weighted by Crippen LogP contribution is 2.54. The number of hydrogen-bond donors (Lipinski definition) is 0. The number of aryl methyl sites for hydroxylation is 1. The molecule has 1 aromatic rings. The van der Waals surface area contributed by atoms with Crippen LogP contribution >= 0.6 is 0 Å². The van der Waals surface area contributed by atoms with Gasteiger partial charge in [0.1, 0.15) is 5.75 Å². The van der Waals surface area contributed by atoms with Gasteiger partial charge < -0.3 is 4.74 Å². The molecule has 0 fully saturated rings. The molecule has 1 aliphatic carbocycles. The SMILES string of the molecule is Cc1cc2c(cc1OC=O)C(C)(C)CC2(C)C(C)C. The molecule has 0 saturated heterocycles. The van der Waals surface area contributed by atoms with E-state index in [2.05, 4.69) is 46.8 Å². The summed E-state index contributed by atoms with van der Waals surface area (Å²) in [6, 6.07) is 4.27. The van der Waals surface area contributed by atoms with Gasteiger partial charge in [-0.2, -0.15) is 0 Å². The molecule has 0 amide bonds. The molecule has 2 rings (SSSR count). The van der Waals surface area contributed by atoms with Crippen LogP contribution in [0, 0.1) is 12.8 Å². The lowest BCUT2D eigenvalue weighted by atomic mass is 9.72. The molecule has 0 spiro atoms. The molecule has 0 radical (unpaired) electrons. The van der Waals surface area contributed by atoms with Crippen molar-refractivity contribution in [2.45, 2.75) is 58.8 Å². The fourth-order valence-corrected chi connectivity index (χ4v) is 3.52. The minimum Gasteiger partial charge on any atom is -0.428 e. The fraction of sp³-hybridized carbons (Fsp3) is 0.588.